The quantitative estimate of drug-likeness (QED) is 0.644. The van der Waals surface area contributed by atoms with Crippen molar-refractivity contribution in [1.29, 1.82) is 0 Å². The number of ether oxygens (including phenoxy) is 1. The lowest BCUT2D eigenvalue weighted by Gasteiger charge is -2.03. The summed E-state index contributed by atoms with van der Waals surface area (Å²) < 4.78 is 10.6. The molecule has 0 saturated carbocycles. The van der Waals surface area contributed by atoms with Gasteiger partial charge < -0.3 is 14.5 Å². The predicted octanol–water partition coefficient (Wildman–Crippen LogP) is 2.37. The number of benzene rings is 1. The molecule has 0 aliphatic heterocycles. The van der Waals surface area contributed by atoms with Crippen LogP contribution in [0.25, 0.3) is 11.3 Å². The van der Waals surface area contributed by atoms with Crippen LogP contribution < -0.4 is 10.1 Å². The van der Waals surface area contributed by atoms with Crippen molar-refractivity contribution in [3.8, 4) is 17.1 Å². The van der Waals surface area contributed by atoms with Crippen molar-refractivity contribution in [2.45, 2.75) is 13.5 Å². The average molecular weight is 277 g/mol. The SMILES string of the molecule is CCNCc1ncc(-c2ccc([N+](=O)[O-])c(OC)c2)o1. The number of aromatic nitrogens is 1. The van der Waals surface area contributed by atoms with E-state index in [4.69, 9.17) is 9.15 Å². The number of hydrogen-bond acceptors (Lipinski definition) is 6. The highest BCUT2D eigenvalue weighted by atomic mass is 16.6. The van der Waals surface area contributed by atoms with Crippen molar-refractivity contribution >= 4 is 5.69 Å². The maximum atomic E-state index is 10.8. The van der Waals surface area contributed by atoms with Gasteiger partial charge in [-0.15, -0.1) is 0 Å². The van der Waals surface area contributed by atoms with Gasteiger partial charge in [-0.05, 0) is 18.7 Å². The third kappa shape index (κ3) is 2.94. The Kier molecular flexibility index (Phi) is 4.31. The summed E-state index contributed by atoms with van der Waals surface area (Å²) in [5.41, 5.74) is 0.603. The van der Waals surface area contributed by atoms with Crippen LogP contribution in [0, 0.1) is 10.1 Å². The molecule has 0 aliphatic carbocycles. The smallest absolute Gasteiger partial charge is 0.310 e. The Labute approximate surface area is 115 Å². The fourth-order valence-electron chi connectivity index (χ4n) is 1.74. The lowest BCUT2D eigenvalue weighted by Crippen LogP contribution is -2.11. The van der Waals surface area contributed by atoms with Gasteiger partial charge in [0, 0.05) is 11.6 Å². The zero-order valence-electron chi connectivity index (χ0n) is 11.3. The lowest BCUT2D eigenvalue weighted by atomic mass is 10.1. The van der Waals surface area contributed by atoms with Crippen molar-refractivity contribution in [2.75, 3.05) is 13.7 Å². The van der Waals surface area contributed by atoms with E-state index in [0.29, 0.717) is 23.8 Å². The Morgan fingerprint density at radius 2 is 2.30 bits per heavy atom. The highest BCUT2D eigenvalue weighted by molar-refractivity contribution is 5.63. The first-order chi connectivity index (χ1) is 9.65. The monoisotopic (exact) mass is 277 g/mol. The molecule has 1 aromatic carbocycles. The molecule has 0 bridgehead atoms. The summed E-state index contributed by atoms with van der Waals surface area (Å²) in [7, 11) is 1.39. The van der Waals surface area contributed by atoms with Crippen molar-refractivity contribution in [2.24, 2.45) is 0 Å². The van der Waals surface area contributed by atoms with Crippen molar-refractivity contribution in [3.05, 3.63) is 40.4 Å². The number of nitro groups is 1. The summed E-state index contributed by atoms with van der Waals surface area (Å²) in [5.74, 6) is 1.31. The van der Waals surface area contributed by atoms with E-state index in [2.05, 4.69) is 10.3 Å². The van der Waals surface area contributed by atoms with Gasteiger partial charge in [0.15, 0.2) is 11.5 Å². The molecule has 106 valence electrons. The van der Waals surface area contributed by atoms with Gasteiger partial charge in [-0.3, -0.25) is 10.1 Å². The highest BCUT2D eigenvalue weighted by Crippen LogP contribution is 2.32. The largest absolute Gasteiger partial charge is 0.490 e. The summed E-state index contributed by atoms with van der Waals surface area (Å²) in [6.07, 6.45) is 1.59. The normalized spacial score (nSPS) is 10.5. The van der Waals surface area contributed by atoms with E-state index < -0.39 is 4.92 Å². The number of hydrogen-bond donors (Lipinski definition) is 1. The Morgan fingerprint density at radius 1 is 1.50 bits per heavy atom. The van der Waals surface area contributed by atoms with E-state index in [1.54, 1.807) is 18.3 Å². The Hall–Kier alpha value is -2.41. The predicted molar refractivity (Wildman–Crippen MR) is 72.5 cm³/mol. The third-order valence-corrected chi connectivity index (χ3v) is 2.74. The molecule has 0 radical (unpaired) electrons. The van der Waals surface area contributed by atoms with Crippen molar-refractivity contribution in [1.82, 2.24) is 10.3 Å². The molecule has 7 heteroatoms. The van der Waals surface area contributed by atoms with Crippen LogP contribution in [0.2, 0.25) is 0 Å². The summed E-state index contributed by atoms with van der Waals surface area (Å²) in [6.45, 7) is 3.36. The van der Waals surface area contributed by atoms with Gasteiger partial charge in [-0.1, -0.05) is 6.92 Å². The topological polar surface area (TPSA) is 90.4 Å². The molecule has 0 saturated heterocycles. The summed E-state index contributed by atoms with van der Waals surface area (Å²) in [5, 5.41) is 13.9. The minimum atomic E-state index is -0.487. The molecule has 0 unspecified atom stereocenters. The van der Waals surface area contributed by atoms with Gasteiger partial charge in [0.05, 0.1) is 24.8 Å². The van der Waals surface area contributed by atoms with E-state index >= 15 is 0 Å². The van der Waals surface area contributed by atoms with Crippen LogP contribution in [-0.4, -0.2) is 23.6 Å². The summed E-state index contributed by atoms with van der Waals surface area (Å²) >= 11 is 0. The molecular weight excluding hydrogens is 262 g/mol. The second kappa shape index (κ2) is 6.16. The minimum absolute atomic E-state index is 0.0800. The Morgan fingerprint density at radius 3 is 2.95 bits per heavy atom. The number of rotatable bonds is 6. The standard InChI is InChI=1S/C13H15N3O4/c1-3-14-8-13-15-7-12(20-13)9-4-5-10(16(17)18)11(6-9)19-2/h4-7,14H,3,8H2,1-2H3. The Bertz CT molecular complexity index is 609. The van der Waals surface area contributed by atoms with Crippen LogP contribution in [0.5, 0.6) is 5.75 Å². The fourth-order valence-corrected chi connectivity index (χ4v) is 1.74. The van der Waals surface area contributed by atoms with E-state index in [1.807, 2.05) is 6.92 Å². The summed E-state index contributed by atoms with van der Waals surface area (Å²) in [4.78, 5) is 14.5. The van der Waals surface area contributed by atoms with E-state index in [9.17, 15) is 10.1 Å². The highest BCUT2D eigenvalue weighted by Gasteiger charge is 2.16. The molecule has 0 fully saturated rings. The molecule has 20 heavy (non-hydrogen) atoms. The van der Waals surface area contributed by atoms with Gasteiger partial charge in [0.2, 0.25) is 5.89 Å². The van der Waals surface area contributed by atoms with Gasteiger partial charge in [-0.25, -0.2) is 4.98 Å². The average Bonchev–Trinajstić information content (AvgIpc) is 2.93. The second-order valence-corrected chi connectivity index (χ2v) is 4.04. The number of nitrogens with zero attached hydrogens (tertiary/aromatic N) is 2. The van der Waals surface area contributed by atoms with Crippen molar-refractivity contribution < 1.29 is 14.1 Å². The fraction of sp³-hybridized carbons (Fsp3) is 0.308. The summed E-state index contributed by atoms with van der Waals surface area (Å²) in [6, 6.07) is 4.56. The second-order valence-electron chi connectivity index (χ2n) is 4.04. The van der Waals surface area contributed by atoms with Gasteiger partial charge in [0.25, 0.3) is 0 Å². The minimum Gasteiger partial charge on any atom is -0.490 e. The Balaban J connectivity index is 2.28. The first-order valence-corrected chi connectivity index (χ1v) is 6.14. The van der Waals surface area contributed by atoms with Gasteiger partial charge in [-0.2, -0.15) is 0 Å². The zero-order valence-corrected chi connectivity index (χ0v) is 11.3. The van der Waals surface area contributed by atoms with Gasteiger partial charge >= 0.3 is 5.69 Å². The number of nitrogens with one attached hydrogen (secondary N) is 1. The van der Waals surface area contributed by atoms with E-state index in [-0.39, 0.29) is 11.4 Å². The first-order valence-electron chi connectivity index (χ1n) is 6.14. The molecule has 2 rings (SSSR count). The van der Waals surface area contributed by atoms with Crippen LogP contribution in [-0.2, 0) is 6.54 Å². The lowest BCUT2D eigenvalue weighted by molar-refractivity contribution is -0.385. The molecule has 1 heterocycles. The maximum absolute atomic E-state index is 10.8. The van der Waals surface area contributed by atoms with Crippen LogP contribution in [0.1, 0.15) is 12.8 Å². The van der Waals surface area contributed by atoms with Crippen LogP contribution in [0.15, 0.2) is 28.8 Å². The maximum Gasteiger partial charge on any atom is 0.310 e. The number of methoxy groups -OCH3 is 1. The van der Waals surface area contributed by atoms with E-state index in [0.717, 1.165) is 6.54 Å². The zero-order chi connectivity index (χ0) is 14.5. The first kappa shape index (κ1) is 14.0. The van der Waals surface area contributed by atoms with Crippen LogP contribution in [0.3, 0.4) is 0 Å². The molecule has 0 spiro atoms. The number of oxazole rings is 1. The molecule has 1 aromatic heterocycles. The third-order valence-electron chi connectivity index (χ3n) is 2.74. The molecule has 2 aromatic rings. The van der Waals surface area contributed by atoms with Crippen LogP contribution in [0.4, 0.5) is 5.69 Å². The van der Waals surface area contributed by atoms with Crippen LogP contribution >= 0.6 is 0 Å². The molecule has 1 N–H and O–H groups in total. The number of nitro benzene ring substituents is 1. The van der Waals surface area contributed by atoms with Gasteiger partial charge in [0.1, 0.15) is 0 Å². The van der Waals surface area contributed by atoms with Crippen molar-refractivity contribution in [3.63, 3.8) is 0 Å². The molecule has 7 nitrogen and oxygen atoms in total. The molecule has 0 atom stereocenters. The molecule has 0 aliphatic rings. The van der Waals surface area contributed by atoms with E-state index in [1.165, 1.54) is 13.2 Å². The molecule has 0 amide bonds. The molecular formula is C13H15N3O4.